The van der Waals surface area contributed by atoms with Gasteiger partial charge in [-0.15, -0.1) is 0 Å². The molecule has 0 radical (unpaired) electrons. The van der Waals surface area contributed by atoms with Crippen molar-refractivity contribution >= 4 is 28.5 Å². The summed E-state index contributed by atoms with van der Waals surface area (Å²) in [6.45, 7) is 4.23. The third-order valence-electron chi connectivity index (χ3n) is 4.08. The van der Waals surface area contributed by atoms with Gasteiger partial charge in [0.15, 0.2) is 0 Å². The highest BCUT2D eigenvalue weighted by Gasteiger charge is 2.17. The van der Waals surface area contributed by atoms with Crippen LogP contribution in [0.5, 0.6) is 0 Å². The third-order valence-corrected chi connectivity index (χ3v) is 4.39. The van der Waals surface area contributed by atoms with Crippen LogP contribution in [-0.2, 0) is 23.1 Å². The van der Waals surface area contributed by atoms with Crippen LogP contribution in [0.25, 0.3) is 10.9 Å². The molecule has 3 rings (SSSR count). The SMILES string of the molecule is COC(=O)c1cc2c(Cl)cc(CN3CCOCC3)cc2n1C. The zero-order valence-electron chi connectivity index (χ0n) is 12.8. The van der Waals surface area contributed by atoms with Gasteiger partial charge < -0.3 is 14.0 Å². The van der Waals surface area contributed by atoms with Crippen LogP contribution >= 0.6 is 11.6 Å². The number of fused-ring (bicyclic) bond motifs is 1. The predicted molar refractivity (Wildman–Crippen MR) is 85.4 cm³/mol. The van der Waals surface area contributed by atoms with Gasteiger partial charge >= 0.3 is 5.97 Å². The van der Waals surface area contributed by atoms with Gasteiger partial charge in [-0.2, -0.15) is 0 Å². The molecule has 1 aliphatic rings. The lowest BCUT2D eigenvalue weighted by atomic mass is 10.1. The van der Waals surface area contributed by atoms with Crippen molar-refractivity contribution in [2.45, 2.75) is 6.54 Å². The largest absolute Gasteiger partial charge is 0.464 e. The molecule has 5 nitrogen and oxygen atoms in total. The van der Waals surface area contributed by atoms with E-state index in [4.69, 9.17) is 21.1 Å². The van der Waals surface area contributed by atoms with Crippen molar-refractivity contribution in [1.82, 2.24) is 9.47 Å². The van der Waals surface area contributed by atoms with Crippen LogP contribution < -0.4 is 0 Å². The van der Waals surface area contributed by atoms with Crippen molar-refractivity contribution in [3.8, 4) is 0 Å². The molecule has 2 heterocycles. The second-order valence-corrected chi connectivity index (χ2v) is 5.89. The van der Waals surface area contributed by atoms with E-state index in [2.05, 4.69) is 11.0 Å². The van der Waals surface area contributed by atoms with E-state index in [1.54, 1.807) is 6.07 Å². The van der Waals surface area contributed by atoms with Gasteiger partial charge in [0.25, 0.3) is 0 Å². The van der Waals surface area contributed by atoms with Gasteiger partial charge in [-0.25, -0.2) is 4.79 Å². The average Bonchev–Trinajstić information content (AvgIpc) is 2.86. The number of nitrogens with zero attached hydrogens (tertiary/aromatic N) is 2. The number of hydrogen-bond acceptors (Lipinski definition) is 4. The summed E-state index contributed by atoms with van der Waals surface area (Å²) in [4.78, 5) is 14.1. The van der Waals surface area contributed by atoms with E-state index in [0.29, 0.717) is 10.7 Å². The molecule has 6 heteroatoms. The van der Waals surface area contributed by atoms with E-state index in [1.807, 2.05) is 17.7 Å². The molecular formula is C16H19ClN2O3. The van der Waals surface area contributed by atoms with Gasteiger partial charge in [-0.05, 0) is 23.8 Å². The van der Waals surface area contributed by atoms with Crippen molar-refractivity contribution in [2.75, 3.05) is 33.4 Å². The molecule has 1 fully saturated rings. The Bertz CT molecular complexity index is 705. The molecular weight excluding hydrogens is 304 g/mol. The molecule has 0 saturated carbocycles. The van der Waals surface area contributed by atoms with Crippen LogP contribution in [0.4, 0.5) is 0 Å². The van der Waals surface area contributed by atoms with Crippen LogP contribution in [0, 0.1) is 0 Å². The molecule has 1 aromatic heterocycles. The third kappa shape index (κ3) is 2.84. The second kappa shape index (κ2) is 6.28. The summed E-state index contributed by atoms with van der Waals surface area (Å²) in [7, 11) is 3.23. The first-order valence-electron chi connectivity index (χ1n) is 7.26. The van der Waals surface area contributed by atoms with Crippen LogP contribution in [0.2, 0.25) is 5.02 Å². The standard InChI is InChI=1S/C16H19ClN2O3/c1-18-14-8-11(10-19-3-5-22-6-4-19)7-13(17)12(14)9-15(18)16(20)21-2/h7-9H,3-6,10H2,1-2H3. The molecule has 0 bridgehead atoms. The Balaban J connectivity index is 1.96. The maximum atomic E-state index is 11.8. The Kier molecular flexibility index (Phi) is 4.38. The van der Waals surface area contributed by atoms with E-state index in [-0.39, 0.29) is 5.97 Å². The van der Waals surface area contributed by atoms with Crippen LogP contribution in [0.1, 0.15) is 16.1 Å². The van der Waals surface area contributed by atoms with Crippen molar-refractivity contribution in [1.29, 1.82) is 0 Å². The number of aromatic nitrogens is 1. The zero-order chi connectivity index (χ0) is 15.7. The summed E-state index contributed by atoms with van der Waals surface area (Å²) < 4.78 is 12.0. The van der Waals surface area contributed by atoms with Crippen LogP contribution in [0.3, 0.4) is 0 Å². The van der Waals surface area contributed by atoms with Gasteiger partial charge in [0.05, 0.1) is 30.9 Å². The summed E-state index contributed by atoms with van der Waals surface area (Å²) in [5.41, 5.74) is 2.58. The van der Waals surface area contributed by atoms with Gasteiger partial charge in [0, 0.05) is 32.1 Å². The fourth-order valence-electron chi connectivity index (χ4n) is 2.85. The number of halogens is 1. The molecule has 118 valence electrons. The first-order chi connectivity index (χ1) is 10.6. The topological polar surface area (TPSA) is 43.7 Å². The van der Waals surface area contributed by atoms with E-state index in [0.717, 1.165) is 49.3 Å². The number of benzene rings is 1. The number of aryl methyl sites for hydroxylation is 1. The molecule has 0 atom stereocenters. The number of rotatable bonds is 3. The number of morpholine rings is 1. The zero-order valence-corrected chi connectivity index (χ0v) is 13.5. The first-order valence-corrected chi connectivity index (χ1v) is 7.64. The summed E-state index contributed by atoms with van der Waals surface area (Å²) in [5.74, 6) is -0.357. The first kappa shape index (κ1) is 15.3. The number of methoxy groups -OCH3 is 1. The summed E-state index contributed by atoms with van der Waals surface area (Å²) in [5, 5.41) is 1.53. The molecule has 0 spiro atoms. The minimum Gasteiger partial charge on any atom is -0.464 e. The van der Waals surface area contributed by atoms with Crippen LogP contribution in [-0.4, -0.2) is 48.8 Å². The van der Waals surface area contributed by atoms with E-state index < -0.39 is 0 Å². The highest BCUT2D eigenvalue weighted by atomic mass is 35.5. The summed E-state index contributed by atoms with van der Waals surface area (Å²) >= 11 is 6.40. The number of hydrogen-bond donors (Lipinski definition) is 0. The highest BCUT2D eigenvalue weighted by Crippen LogP contribution is 2.29. The molecule has 0 unspecified atom stereocenters. The van der Waals surface area contributed by atoms with Gasteiger partial charge in [-0.3, -0.25) is 4.90 Å². The fraction of sp³-hybridized carbons (Fsp3) is 0.438. The van der Waals surface area contributed by atoms with Crippen molar-refractivity contribution in [3.05, 3.63) is 34.5 Å². The maximum Gasteiger partial charge on any atom is 0.354 e. The minimum absolute atomic E-state index is 0.357. The van der Waals surface area contributed by atoms with Crippen LogP contribution in [0.15, 0.2) is 18.2 Å². The minimum atomic E-state index is -0.357. The molecule has 1 aliphatic heterocycles. The fourth-order valence-corrected chi connectivity index (χ4v) is 3.14. The smallest absolute Gasteiger partial charge is 0.354 e. The van der Waals surface area contributed by atoms with Crippen molar-refractivity contribution in [3.63, 3.8) is 0 Å². The van der Waals surface area contributed by atoms with Crippen molar-refractivity contribution < 1.29 is 14.3 Å². The van der Waals surface area contributed by atoms with E-state index >= 15 is 0 Å². The summed E-state index contributed by atoms with van der Waals surface area (Å²) in [6.07, 6.45) is 0. The molecule has 0 aliphatic carbocycles. The predicted octanol–water partition coefficient (Wildman–Crippen LogP) is 2.45. The lowest BCUT2D eigenvalue weighted by Gasteiger charge is -2.26. The number of ether oxygens (including phenoxy) is 2. The van der Waals surface area contributed by atoms with E-state index in [1.165, 1.54) is 7.11 Å². The Hall–Kier alpha value is -1.56. The molecule has 2 aromatic rings. The Morgan fingerprint density at radius 2 is 2.05 bits per heavy atom. The quantitative estimate of drug-likeness (QED) is 0.814. The van der Waals surface area contributed by atoms with Gasteiger partial charge in [-0.1, -0.05) is 11.6 Å². The average molecular weight is 323 g/mol. The number of esters is 1. The lowest BCUT2D eigenvalue weighted by molar-refractivity contribution is 0.0342. The Morgan fingerprint density at radius 1 is 1.32 bits per heavy atom. The van der Waals surface area contributed by atoms with Gasteiger partial charge in [0.1, 0.15) is 5.69 Å². The molecule has 0 N–H and O–H groups in total. The number of carbonyl (C=O) groups is 1. The molecule has 22 heavy (non-hydrogen) atoms. The molecule has 1 aromatic carbocycles. The maximum absolute atomic E-state index is 11.8. The number of carbonyl (C=O) groups excluding carboxylic acids is 1. The Morgan fingerprint density at radius 3 is 2.73 bits per heavy atom. The normalized spacial score (nSPS) is 16.1. The molecule has 0 amide bonds. The second-order valence-electron chi connectivity index (χ2n) is 5.48. The summed E-state index contributed by atoms with van der Waals surface area (Å²) in [6, 6.07) is 5.84. The van der Waals surface area contributed by atoms with Gasteiger partial charge in [0.2, 0.25) is 0 Å². The van der Waals surface area contributed by atoms with Crippen molar-refractivity contribution in [2.24, 2.45) is 7.05 Å². The monoisotopic (exact) mass is 322 g/mol. The lowest BCUT2D eigenvalue weighted by Crippen LogP contribution is -2.35. The highest BCUT2D eigenvalue weighted by molar-refractivity contribution is 6.35. The molecule has 1 saturated heterocycles. The van der Waals surface area contributed by atoms with E-state index in [9.17, 15) is 4.79 Å². The Labute approximate surface area is 134 Å².